The molecule has 0 spiro atoms. The highest BCUT2D eigenvalue weighted by Gasteiger charge is 2.46. The normalized spacial score (nSPS) is 22.1. The summed E-state index contributed by atoms with van der Waals surface area (Å²) in [4.78, 5) is 31.8. The second kappa shape index (κ2) is 7.59. The number of thioether (sulfide) groups is 1. The lowest BCUT2D eigenvalue weighted by atomic mass is 9.85. The Hall–Kier alpha value is -2.34. The quantitative estimate of drug-likeness (QED) is 0.558. The summed E-state index contributed by atoms with van der Waals surface area (Å²) in [6.45, 7) is 13.8. The molecule has 5 nitrogen and oxygen atoms in total. The van der Waals surface area contributed by atoms with E-state index in [4.69, 9.17) is 4.74 Å². The van der Waals surface area contributed by atoms with Gasteiger partial charge in [0.25, 0.3) is 0 Å². The molecule has 2 aliphatic rings. The number of benzene rings is 1. The van der Waals surface area contributed by atoms with Crippen LogP contribution in [0, 0.1) is 0 Å². The fraction of sp³-hybridized carbons (Fsp3) is 0.409. The maximum absolute atomic E-state index is 12.9. The maximum Gasteiger partial charge on any atom is 0.338 e. The standard InChI is InChI=1S/C22H26N2O3S/c1-7-12-27-20(26)17-13(2)23-21-24(19(25)14(3)28-21)18(17)15-8-10-16(11-9-15)22(4,5)6/h7-11,14,18H,1,12H2,2-6H3/t14-,18+/m0/s1. The van der Waals surface area contributed by atoms with Crippen LogP contribution in [0.25, 0.3) is 0 Å². The Balaban J connectivity index is 2.09. The molecular formula is C22H26N2O3S. The van der Waals surface area contributed by atoms with Gasteiger partial charge in [0.05, 0.1) is 22.6 Å². The van der Waals surface area contributed by atoms with Crippen molar-refractivity contribution in [3.63, 3.8) is 0 Å². The molecule has 0 N–H and O–H groups in total. The SMILES string of the molecule is C=CCOC(=O)C1=C(C)N=C2S[C@@H](C)C(=O)N2[C@@H]1c1ccc(C(C)(C)C)cc1. The number of hydrogen-bond donors (Lipinski definition) is 0. The van der Waals surface area contributed by atoms with Crippen LogP contribution in [0.1, 0.15) is 51.8 Å². The molecule has 1 amide bonds. The second-order valence-electron chi connectivity index (χ2n) is 8.02. The van der Waals surface area contributed by atoms with E-state index in [2.05, 4.69) is 44.5 Å². The van der Waals surface area contributed by atoms with Crippen LogP contribution in [0.4, 0.5) is 0 Å². The number of allylic oxidation sites excluding steroid dienone is 1. The Labute approximate surface area is 170 Å². The van der Waals surface area contributed by atoms with Crippen LogP contribution in [0.15, 0.2) is 53.2 Å². The zero-order valence-electron chi connectivity index (χ0n) is 17.0. The van der Waals surface area contributed by atoms with Gasteiger partial charge in [0.15, 0.2) is 5.17 Å². The monoisotopic (exact) mass is 398 g/mol. The summed E-state index contributed by atoms with van der Waals surface area (Å²) in [5.74, 6) is -0.516. The number of amidine groups is 1. The summed E-state index contributed by atoms with van der Waals surface area (Å²) in [7, 11) is 0. The van der Waals surface area contributed by atoms with Crippen LogP contribution < -0.4 is 0 Å². The summed E-state index contributed by atoms with van der Waals surface area (Å²) in [5.41, 5.74) is 3.06. The molecule has 3 rings (SSSR count). The molecular weight excluding hydrogens is 372 g/mol. The number of esters is 1. The molecule has 2 atom stereocenters. The Bertz CT molecular complexity index is 878. The molecule has 0 radical (unpaired) electrons. The van der Waals surface area contributed by atoms with E-state index in [0.717, 1.165) is 5.56 Å². The first-order valence-corrected chi connectivity index (χ1v) is 10.2. The van der Waals surface area contributed by atoms with E-state index in [0.29, 0.717) is 16.4 Å². The maximum atomic E-state index is 12.9. The summed E-state index contributed by atoms with van der Waals surface area (Å²) >= 11 is 1.42. The van der Waals surface area contributed by atoms with Crippen molar-refractivity contribution in [2.24, 2.45) is 4.99 Å². The van der Waals surface area contributed by atoms with Gasteiger partial charge in [-0.2, -0.15) is 0 Å². The van der Waals surface area contributed by atoms with Crippen molar-refractivity contribution in [2.75, 3.05) is 6.61 Å². The third-order valence-corrected chi connectivity index (χ3v) is 5.96. The van der Waals surface area contributed by atoms with Gasteiger partial charge in [-0.05, 0) is 30.4 Å². The van der Waals surface area contributed by atoms with Crippen LogP contribution >= 0.6 is 11.8 Å². The van der Waals surface area contributed by atoms with Crippen molar-refractivity contribution >= 4 is 28.8 Å². The van der Waals surface area contributed by atoms with E-state index in [-0.39, 0.29) is 23.2 Å². The molecule has 1 saturated heterocycles. The molecule has 1 aromatic rings. The zero-order valence-corrected chi connectivity index (χ0v) is 17.8. The molecule has 2 aliphatic heterocycles. The van der Waals surface area contributed by atoms with Gasteiger partial charge >= 0.3 is 5.97 Å². The summed E-state index contributed by atoms with van der Waals surface area (Å²) in [6.07, 6.45) is 1.53. The van der Waals surface area contributed by atoms with Crippen LogP contribution in [-0.4, -0.2) is 33.8 Å². The lowest BCUT2D eigenvalue weighted by Gasteiger charge is -2.33. The molecule has 1 aromatic carbocycles. The average molecular weight is 399 g/mol. The lowest BCUT2D eigenvalue weighted by molar-refractivity contribution is -0.139. The molecule has 0 unspecified atom stereocenters. The molecule has 0 saturated carbocycles. The summed E-state index contributed by atoms with van der Waals surface area (Å²) in [6, 6.07) is 7.55. The first-order chi connectivity index (χ1) is 13.1. The first-order valence-electron chi connectivity index (χ1n) is 9.32. The molecule has 6 heteroatoms. The minimum Gasteiger partial charge on any atom is -0.458 e. The number of amides is 1. The van der Waals surface area contributed by atoms with Crippen molar-refractivity contribution in [3.05, 3.63) is 59.3 Å². The zero-order chi connectivity index (χ0) is 20.6. The van der Waals surface area contributed by atoms with E-state index in [1.807, 2.05) is 19.1 Å². The highest BCUT2D eigenvalue weighted by atomic mass is 32.2. The van der Waals surface area contributed by atoms with E-state index in [1.54, 1.807) is 11.8 Å². The van der Waals surface area contributed by atoms with Gasteiger partial charge in [-0.3, -0.25) is 9.69 Å². The van der Waals surface area contributed by atoms with Gasteiger partial charge in [0.1, 0.15) is 6.61 Å². The van der Waals surface area contributed by atoms with Crippen molar-refractivity contribution in [2.45, 2.75) is 51.3 Å². The Morgan fingerprint density at radius 1 is 1.32 bits per heavy atom. The number of ether oxygens (including phenoxy) is 1. The van der Waals surface area contributed by atoms with Crippen LogP contribution in [0.3, 0.4) is 0 Å². The van der Waals surface area contributed by atoms with Gasteiger partial charge < -0.3 is 4.74 Å². The topological polar surface area (TPSA) is 59.0 Å². The van der Waals surface area contributed by atoms with E-state index >= 15 is 0 Å². The minimum atomic E-state index is -0.538. The molecule has 28 heavy (non-hydrogen) atoms. The fourth-order valence-corrected chi connectivity index (χ4v) is 4.39. The number of aliphatic imine (C=N–C) groups is 1. The third kappa shape index (κ3) is 3.65. The number of nitrogens with zero attached hydrogens (tertiary/aromatic N) is 2. The van der Waals surface area contributed by atoms with Gasteiger partial charge in [0.2, 0.25) is 5.91 Å². The smallest absolute Gasteiger partial charge is 0.338 e. The second-order valence-corrected chi connectivity index (χ2v) is 9.33. The minimum absolute atomic E-state index is 0.0169. The number of fused-ring (bicyclic) bond motifs is 1. The first kappa shape index (κ1) is 20.4. The van der Waals surface area contributed by atoms with Crippen LogP contribution in [0.5, 0.6) is 0 Å². The predicted octanol–water partition coefficient (Wildman–Crippen LogP) is 4.36. The molecule has 0 aliphatic carbocycles. The average Bonchev–Trinajstić information content (AvgIpc) is 2.91. The lowest BCUT2D eigenvalue weighted by Crippen LogP contribution is -2.40. The fourth-order valence-electron chi connectivity index (χ4n) is 3.36. The van der Waals surface area contributed by atoms with E-state index in [1.165, 1.54) is 23.4 Å². The Kier molecular flexibility index (Phi) is 5.53. The number of carbonyl (C=O) groups excluding carboxylic acids is 2. The van der Waals surface area contributed by atoms with Crippen LogP contribution in [0.2, 0.25) is 0 Å². The van der Waals surface area contributed by atoms with Gasteiger partial charge in [-0.1, -0.05) is 69.5 Å². The van der Waals surface area contributed by atoms with Crippen molar-refractivity contribution < 1.29 is 14.3 Å². The largest absolute Gasteiger partial charge is 0.458 e. The predicted molar refractivity (Wildman–Crippen MR) is 113 cm³/mol. The summed E-state index contributed by atoms with van der Waals surface area (Å²) in [5, 5.41) is 0.409. The van der Waals surface area contributed by atoms with Gasteiger partial charge in [-0.25, -0.2) is 9.79 Å². The molecule has 148 valence electrons. The van der Waals surface area contributed by atoms with Crippen molar-refractivity contribution in [1.29, 1.82) is 0 Å². The van der Waals surface area contributed by atoms with E-state index < -0.39 is 12.0 Å². The number of rotatable bonds is 4. The number of hydrogen-bond acceptors (Lipinski definition) is 5. The Morgan fingerprint density at radius 3 is 2.54 bits per heavy atom. The van der Waals surface area contributed by atoms with Gasteiger partial charge in [-0.15, -0.1) is 0 Å². The van der Waals surface area contributed by atoms with Crippen molar-refractivity contribution in [3.8, 4) is 0 Å². The molecule has 1 fully saturated rings. The Morgan fingerprint density at radius 2 is 1.96 bits per heavy atom. The highest BCUT2D eigenvalue weighted by Crippen LogP contribution is 2.43. The summed E-state index contributed by atoms with van der Waals surface area (Å²) < 4.78 is 5.31. The van der Waals surface area contributed by atoms with Crippen LogP contribution in [-0.2, 0) is 19.7 Å². The van der Waals surface area contributed by atoms with E-state index in [9.17, 15) is 9.59 Å². The highest BCUT2D eigenvalue weighted by molar-refractivity contribution is 8.15. The molecule has 2 heterocycles. The van der Waals surface area contributed by atoms with Crippen molar-refractivity contribution in [1.82, 2.24) is 4.90 Å². The third-order valence-electron chi connectivity index (χ3n) is 4.90. The number of carbonyl (C=O) groups is 2. The van der Waals surface area contributed by atoms with Gasteiger partial charge in [0, 0.05) is 0 Å². The molecule has 0 aromatic heterocycles. The molecule has 0 bridgehead atoms.